The molecule has 2 N–H and O–H groups in total. The molecule has 0 bridgehead atoms. The van der Waals surface area contributed by atoms with Crippen molar-refractivity contribution < 1.29 is 14.3 Å². The molecule has 0 unspecified atom stereocenters. The number of fused-ring (bicyclic) bond motifs is 1. The first-order valence-electron chi connectivity index (χ1n) is 13.9. The zero-order valence-corrected chi connectivity index (χ0v) is 23.6. The molecule has 0 radical (unpaired) electrons. The van der Waals surface area contributed by atoms with E-state index in [0.29, 0.717) is 11.1 Å². The number of carbonyl (C=O) groups excluding carboxylic acids is 1. The second-order valence-corrected chi connectivity index (χ2v) is 11.3. The molecule has 0 atom stereocenters. The van der Waals surface area contributed by atoms with Gasteiger partial charge >= 0.3 is 6.09 Å². The summed E-state index contributed by atoms with van der Waals surface area (Å²) >= 11 is 1.41. The Hall–Kier alpha value is -3.50. The number of morpholine rings is 1. The lowest BCUT2D eigenvalue weighted by molar-refractivity contribution is 0.000232. The lowest BCUT2D eigenvalue weighted by Gasteiger charge is -2.40. The number of likely N-dealkylation sites (tertiary alicyclic amines) is 1. The minimum Gasteiger partial charge on any atom is -0.399 e. The van der Waals surface area contributed by atoms with Crippen LogP contribution in [0.15, 0.2) is 53.9 Å². The van der Waals surface area contributed by atoms with Crippen molar-refractivity contribution in [2.45, 2.75) is 32.4 Å². The van der Waals surface area contributed by atoms with E-state index < -0.39 is 6.09 Å². The molecule has 4 heterocycles. The van der Waals surface area contributed by atoms with Gasteiger partial charge in [-0.2, -0.15) is 5.10 Å². The quantitative estimate of drug-likeness (QED) is 0.290. The number of thiophene rings is 1. The normalized spacial score (nSPS) is 17.5. The molecule has 0 saturated carbocycles. The number of hydrogen-bond acceptors (Lipinski definition) is 7. The lowest BCUT2D eigenvalue weighted by atomic mass is 10.0. The maximum atomic E-state index is 12.9. The number of carbonyl (C=O) groups is 1. The summed E-state index contributed by atoms with van der Waals surface area (Å²) < 4.78 is 11.1. The van der Waals surface area contributed by atoms with Gasteiger partial charge in [0.2, 0.25) is 0 Å². The molecule has 2 fully saturated rings. The molecule has 8 nitrogen and oxygen atoms in total. The molecule has 2 aromatic heterocycles. The maximum absolute atomic E-state index is 12.9. The zero-order chi connectivity index (χ0) is 27.3. The Labute approximate surface area is 238 Å². The van der Waals surface area contributed by atoms with Crippen LogP contribution in [0.1, 0.15) is 35.2 Å². The average Bonchev–Trinajstić information content (AvgIpc) is 3.59. The summed E-state index contributed by atoms with van der Waals surface area (Å²) in [5.74, 6) is 0. The van der Waals surface area contributed by atoms with Crippen LogP contribution >= 0.6 is 11.3 Å². The van der Waals surface area contributed by atoms with Crippen LogP contribution in [0.25, 0.3) is 23.1 Å². The lowest BCUT2D eigenvalue weighted by Crippen LogP contribution is -2.48. The Bertz CT molecular complexity index is 1480. The molecule has 0 aliphatic carbocycles. The van der Waals surface area contributed by atoms with Crippen LogP contribution in [-0.4, -0.2) is 71.5 Å². The Balaban J connectivity index is 1.18. The predicted octanol–water partition coefficient (Wildman–Crippen LogP) is 6.01. The van der Waals surface area contributed by atoms with Gasteiger partial charge in [0.25, 0.3) is 0 Å². The van der Waals surface area contributed by atoms with E-state index in [0.717, 1.165) is 84.9 Å². The molecule has 2 saturated heterocycles. The molecule has 6 rings (SSSR count). The van der Waals surface area contributed by atoms with Crippen LogP contribution in [0.3, 0.4) is 0 Å². The van der Waals surface area contributed by atoms with Gasteiger partial charge in [-0.15, -0.1) is 11.3 Å². The highest BCUT2D eigenvalue weighted by atomic mass is 32.1. The smallest absolute Gasteiger partial charge is 0.399 e. The molecular weight excluding hydrogens is 522 g/mol. The molecule has 2 aliphatic heterocycles. The van der Waals surface area contributed by atoms with Crippen molar-refractivity contribution in [2.75, 3.05) is 44.7 Å². The van der Waals surface area contributed by atoms with Crippen LogP contribution in [0.2, 0.25) is 0 Å². The molecule has 0 spiro atoms. The van der Waals surface area contributed by atoms with E-state index in [9.17, 15) is 4.79 Å². The first-order chi connectivity index (χ1) is 19.6. The van der Waals surface area contributed by atoms with Crippen LogP contribution in [-0.2, 0) is 11.3 Å². The van der Waals surface area contributed by atoms with Crippen molar-refractivity contribution in [1.82, 2.24) is 20.0 Å². The van der Waals surface area contributed by atoms with Crippen LogP contribution < -0.4 is 10.1 Å². The number of para-hydroxylation sites is 1. The molecule has 2 aliphatic rings. The molecule has 4 aromatic rings. The van der Waals surface area contributed by atoms with Crippen molar-refractivity contribution in [1.29, 1.82) is 0 Å². The van der Waals surface area contributed by atoms with Gasteiger partial charge in [-0.3, -0.25) is 20.2 Å². The van der Waals surface area contributed by atoms with Crippen LogP contribution in [0, 0.1) is 6.92 Å². The maximum Gasteiger partial charge on any atom is 0.417 e. The Kier molecular flexibility index (Phi) is 8.24. The highest BCUT2D eigenvalue weighted by Gasteiger charge is 2.26. The molecule has 1 amide bonds. The molecular formula is C31H35N5O3S. The number of rotatable bonds is 7. The number of nitrogens with zero attached hydrogens (tertiary/aromatic N) is 3. The van der Waals surface area contributed by atoms with Gasteiger partial charge in [0.05, 0.1) is 30.1 Å². The summed E-state index contributed by atoms with van der Waals surface area (Å²) in [4.78, 5) is 18.0. The Morgan fingerprint density at radius 2 is 1.95 bits per heavy atom. The highest BCUT2D eigenvalue weighted by molar-refractivity contribution is 7.12. The van der Waals surface area contributed by atoms with Crippen LogP contribution in [0.4, 0.5) is 10.5 Å². The Morgan fingerprint density at radius 1 is 1.12 bits per heavy atom. The zero-order valence-electron chi connectivity index (χ0n) is 22.8. The van der Waals surface area contributed by atoms with E-state index in [1.165, 1.54) is 24.2 Å². The number of piperidine rings is 1. The number of aryl methyl sites for hydroxylation is 1. The number of hydrogen-bond donors (Lipinski definition) is 2. The number of ether oxygens (including phenoxy) is 2. The van der Waals surface area contributed by atoms with E-state index in [1.807, 2.05) is 54.8 Å². The number of H-pyrrole nitrogens is 1. The number of nitrogens with one attached hydrogen (secondary N) is 2. The fraction of sp³-hybridized carbons (Fsp3) is 0.355. The number of amides is 1. The summed E-state index contributed by atoms with van der Waals surface area (Å²) in [6, 6.07) is 16.9. The van der Waals surface area contributed by atoms with Crippen molar-refractivity contribution in [3.63, 3.8) is 0 Å². The summed E-state index contributed by atoms with van der Waals surface area (Å²) in [7, 11) is 0. The molecule has 2 aromatic carbocycles. The van der Waals surface area contributed by atoms with E-state index in [4.69, 9.17) is 9.47 Å². The van der Waals surface area contributed by atoms with E-state index in [1.54, 1.807) is 0 Å². The van der Waals surface area contributed by atoms with Crippen molar-refractivity contribution in [3.8, 4) is 5.06 Å². The first kappa shape index (κ1) is 26.7. The van der Waals surface area contributed by atoms with E-state index in [-0.39, 0.29) is 0 Å². The van der Waals surface area contributed by atoms with Gasteiger partial charge < -0.3 is 9.47 Å². The highest BCUT2D eigenvalue weighted by Crippen LogP contribution is 2.28. The van der Waals surface area contributed by atoms with Gasteiger partial charge in [-0.25, -0.2) is 4.79 Å². The van der Waals surface area contributed by atoms with Crippen molar-refractivity contribution in [3.05, 3.63) is 76.3 Å². The topological polar surface area (TPSA) is 82.7 Å². The van der Waals surface area contributed by atoms with Crippen molar-refractivity contribution >= 4 is 46.2 Å². The Morgan fingerprint density at radius 3 is 2.75 bits per heavy atom. The third kappa shape index (κ3) is 6.28. The first-order valence-corrected chi connectivity index (χ1v) is 14.8. The number of aromatic amines is 1. The fourth-order valence-electron chi connectivity index (χ4n) is 5.56. The SMILES string of the molecule is Cc1ccsc1OC(=O)Nc1cc(CN2CCC(N3CCOCC3)CC2)ccc1/C=C/c1n[nH]c2ccccc12. The van der Waals surface area contributed by atoms with Gasteiger partial charge in [0.15, 0.2) is 5.06 Å². The fourth-order valence-corrected chi connectivity index (χ4v) is 6.34. The molecule has 9 heteroatoms. The third-order valence-corrected chi connectivity index (χ3v) is 8.69. The summed E-state index contributed by atoms with van der Waals surface area (Å²) in [6.07, 6.45) is 5.83. The second-order valence-electron chi connectivity index (χ2n) is 10.5. The monoisotopic (exact) mass is 557 g/mol. The van der Waals surface area contributed by atoms with Crippen molar-refractivity contribution in [2.24, 2.45) is 0 Å². The van der Waals surface area contributed by atoms with Crippen LogP contribution in [0.5, 0.6) is 5.06 Å². The number of anilines is 1. The van der Waals surface area contributed by atoms with E-state index in [2.05, 4.69) is 43.5 Å². The van der Waals surface area contributed by atoms with Gasteiger partial charge in [-0.1, -0.05) is 36.4 Å². The molecule has 40 heavy (non-hydrogen) atoms. The number of aromatic nitrogens is 2. The predicted molar refractivity (Wildman–Crippen MR) is 161 cm³/mol. The van der Waals surface area contributed by atoms with Gasteiger partial charge in [0.1, 0.15) is 0 Å². The number of benzene rings is 2. The largest absolute Gasteiger partial charge is 0.417 e. The minimum absolute atomic E-state index is 0.492. The third-order valence-electron chi connectivity index (χ3n) is 7.80. The summed E-state index contributed by atoms with van der Waals surface area (Å²) in [6.45, 7) is 8.70. The average molecular weight is 558 g/mol. The summed E-state index contributed by atoms with van der Waals surface area (Å²) in [5.41, 5.74) is 5.56. The van der Waals surface area contributed by atoms with E-state index >= 15 is 0 Å². The van der Waals surface area contributed by atoms with Gasteiger partial charge in [0, 0.05) is 36.6 Å². The standard InChI is InChI=1S/C31H35N5O3S/c1-22-12-19-40-30(22)39-31(37)32-29-20-23(21-35-13-10-25(11-14-35)36-15-17-38-18-16-36)6-7-24(29)8-9-28-26-4-2-3-5-27(26)33-34-28/h2-9,12,19-20,25H,10-11,13-18,21H2,1H3,(H,32,37)(H,33,34)/b9-8+. The minimum atomic E-state index is -0.492. The second kappa shape index (κ2) is 12.3. The van der Waals surface area contributed by atoms with Gasteiger partial charge in [-0.05, 0) is 73.6 Å². The summed E-state index contributed by atoms with van der Waals surface area (Å²) in [5, 5.41) is 14.1. The molecule has 208 valence electrons.